The molecule has 1 aliphatic rings. The monoisotopic (exact) mass is 368 g/mol. The molecule has 0 atom stereocenters. The van der Waals surface area contributed by atoms with Gasteiger partial charge in [0.05, 0.1) is 33.7 Å². The van der Waals surface area contributed by atoms with E-state index >= 15 is 0 Å². The molecule has 4 nitrogen and oxygen atoms in total. The topological polar surface area (TPSA) is 40.5 Å². The van der Waals surface area contributed by atoms with Crippen LogP contribution in [-0.4, -0.2) is 17.7 Å². The van der Waals surface area contributed by atoms with Gasteiger partial charge >= 0.3 is 0 Å². The average molecular weight is 369 g/mol. The minimum atomic E-state index is 0.505. The van der Waals surface area contributed by atoms with Crippen LogP contribution >= 0.6 is 22.9 Å². The van der Waals surface area contributed by atoms with Crippen LogP contribution in [-0.2, 0) is 0 Å². The van der Waals surface area contributed by atoms with E-state index in [0.29, 0.717) is 11.6 Å². The van der Waals surface area contributed by atoms with Crippen molar-refractivity contribution in [2.75, 3.05) is 16.9 Å². The highest BCUT2D eigenvalue weighted by Crippen LogP contribution is 2.31. The molecule has 0 amide bonds. The Bertz CT molecular complexity index is 952. The normalized spacial score (nSPS) is 14.4. The Labute approximate surface area is 155 Å². The van der Waals surface area contributed by atoms with Crippen molar-refractivity contribution in [1.82, 2.24) is 4.98 Å². The number of anilines is 2. The second-order valence-electron chi connectivity index (χ2n) is 6.09. The second kappa shape index (κ2) is 6.50. The Balaban J connectivity index is 1.55. The van der Waals surface area contributed by atoms with Crippen molar-refractivity contribution in [3.05, 3.63) is 64.3 Å². The molecule has 0 aliphatic carbocycles. The predicted molar refractivity (Wildman–Crippen MR) is 108 cm³/mol. The molecule has 1 aliphatic heterocycles. The zero-order valence-corrected chi connectivity index (χ0v) is 15.5. The number of rotatable bonds is 3. The molecule has 0 fully saturated rings. The molecular formula is C19H17ClN4S. The lowest BCUT2D eigenvalue weighted by molar-refractivity contribution is 0.913. The van der Waals surface area contributed by atoms with E-state index in [0.717, 1.165) is 26.7 Å². The molecule has 25 heavy (non-hydrogen) atoms. The third-order valence-corrected chi connectivity index (χ3v) is 5.28. The quantitative estimate of drug-likeness (QED) is 0.683. The highest BCUT2D eigenvalue weighted by molar-refractivity contribution is 7.22. The number of halogens is 1. The van der Waals surface area contributed by atoms with Crippen molar-refractivity contribution < 1.29 is 0 Å². The Kier molecular flexibility index (Phi) is 4.19. The standard InChI is InChI=1S/C19H17ClN4S/c1-12-7-13(2)9-14(8-12)22-17-10-21-24(11-15(17)20)19-23-16-5-3-4-6-18(16)25-19/h3-10,22H,11H2,1-2H3. The zero-order valence-electron chi connectivity index (χ0n) is 14.0. The maximum Gasteiger partial charge on any atom is 0.207 e. The Morgan fingerprint density at radius 3 is 2.60 bits per heavy atom. The fourth-order valence-corrected chi connectivity index (χ4v) is 3.98. The molecule has 3 aromatic rings. The minimum absolute atomic E-state index is 0.505. The minimum Gasteiger partial charge on any atom is -0.353 e. The van der Waals surface area contributed by atoms with E-state index in [9.17, 15) is 0 Å². The summed E-state index contributed by atoms with van der Waals surface area (Å²) in [6.45, 7) is 4.67. The number of hydrogen-bond acceptors (Lipinski definition) is 5. The van der Waals surface area contributed by atoms with Gasteiger partial charge in [-0.25, -0.2) is 9.99 Å². The number of benzene rings is 2. The first-order valence-electron chi connectivity index (χ1n) is 7.99. The molecule has 1 aromatic heterocycles. The number of aromatic nitrogens is 1. The zero-order chi connectivity index (χ0) is 17.4. The molecule has 0 unspecified atom stereocenters. The Morgan fingerprint density at radius 1 is 1.12 bits per heavy atom. The summed E-state index contributed by atoms with van der Waals surface area (Å²) >= 11 is 8.13. The predicted octanol–water partition coefficient (Wildman–Crippen LogP) is 5.28. The summed E-state index contributed by atoms with van der Waals surface area (Å²) in [4.78, 5) is 4.63. The summed E-state index contributed by atoms with van der Waals surface area (Å²) in [6, 6.07) is 14.4. The molecule has 4 rings (SSSR count). The van der Waals surface area contributed by atoms with E-state index in [1.807, 2.05) is 23.2 Å². The lowest BCUT2D eigenvalue weighted by atomic mass is 10.1. The van der Waals surface area contributed by atoms with Crippen molar-refractivity contribution in [1.29, 1.82) is 0 Å². The van der Waals surface area contributed by atoms with E-state index in [1.165, 1.54) is 11.1 Å². The third kappa shape index (κ3) is 3.38. The van der Waals surface area contributed by atoms with Crippen molar-refractivity contribution in [3.8, 4) is 0 Å². The molecule has 0 radical (unpaired) electrons. The Hall–Kier alpha value is -2.37. The first-order valence-corrected chi connectivity index (χ1v) is 9.19. The molecule has 126 valence electrons. The van der Waals surface area contributed by atoms with Gasteiger partial charge in [0.1, 0.15) is 0 Å². The number of thiazole rings is 1. The van der Waals surface area contributed by atoms with Gasteiger partial charge in [0.2, 0.25) is 5.13 Å². The van der Waals surface area contributed by atoms with Gasteiger partial charge in [-0.2, -0.15) is 5.10 Å². The highest BCUT2D eigenvalue weighted by Gasteiger charge is 2.18. The van der Waals surface area contributed by atoms with Gasteiger partial charge in [-0.1, -0.05) is 41.1 Å². The second-order valence-corrected chi connectivity index (χ2v) is 7.55. The van der Waals surface area contributed by atoms with Crippen LogP contribution in [0.3, 0.4) is 0 Å². The SMILES string of the molecule is Cc1cc(C)cc(NC2=C(Cl)CN(c3nc4ccccc4s3)N=C2)c1. The average Bonchev–Trinajstić information content (AvgIpc) is 3.00. The fraction of sp³-hybridized carbons (Fsp3) is 0.158. The van der Waals surface area contributed by atoms with Crippen molar-refractivity contribution in [3.63, 3.8) is 0 Å². The molecule has 2 aromatic carbocycles. The lowest BCUT2D eigenvalue weighted by Crippen LogP contribution is -2.24. The van der Waals surface area contributed by atoms with Gasteiger partial charge in [-0.05, 0) is 49.2 Å². The van der Waals surface area contributed by atoms with Crippen LogP contribution in [0.25, 0.3) is 10.2 Å². The van der Waals surface area contributed by atoms with Crippen LogP contribution in [0.5, 0.6) is 0 Å². The van der Waals surface area contributed by atoms with E-state index in [2.05, 4.69) is 53.5 Å². The molecule has 0 saturated carbocycles. The van der Waals surface area contributed by atoms with Gasteiger partial charge in [-0.15, -0.1) is 0 Å². The van der Waals surface area contributed by atoms with E-state index < -0.39 is 0 Å². The summed E-state index contributed by atoms with van der Waals surface area (Å²) in [7, 11) is 0. The third-order valence-electron chi connectivity index (χ3n) is 3.91. The molecule has 6 heteroatoms. The van der Waals surface area contributed by atoms with Gasteiger partial charge in [0.25, 0.3) is 0 Å². The Morgan fingerprint density at radius 2 is 1.88 bits per heavy atom. The van der Waals surface area contributed by atoms with Gasteiger partial charge in [0, 0.05) is 5.69 Å². The van der Waals surface area contributed by atoms with Crippen LogP contribution in [0, 0.1) is 13.8 Å². The number of nitrogens with zero attached hydrogens (tertiary/aromatic N) is 3. The summed E-state index contributed by atoms with van der Waals surface area (Å²) in [5, 5.41) is 11.3. The number of nitrogens with one attached hydrogen (secondary N) is 1. The first kappa shape index (κ1) is 16.1. The number of allylic oxidation sites excluding steroid dienone is 1. The summed E-state index contributed by atoms with van der Waals surface area (Å²) in [5.74, 6) is 0. The van der Waals surface area contributed by atoms with Crippen molar-refractivity contribution in [2.24, 2.45) is 5.10 Å². The molecule has 1 N–H and O–H groups in total. The van der Waals surface area contributed by atoms with E-state index in [-0.39, 0.29) is 0 Å². The molecule has 2 heterocycles. The lowest BCUT2D eigenvalue weighted by Gasteiger charge is -2.22. The van der Waals surface area contributed by atoms with Crippen LogP contribution in [0.2, 0.25) is 0 Å². The van der Waals surface area contributed by atoms with E-state index in [1.54, 1.807) is 17.6 Å². The van der Waals surface area contributed by atoms with Crippen LogP contribution in [0.1, 0.15) is 11.1 Å². The van der Waals surface area contributed by atoms with E-state index in [4.69, 9.17) is 11.6 Å². The van der Waals surface area contributed by atoms with Crippen LogP contribution < -0.4 is 10.3 Å². The highest BCUT2D eigenvalue weighted by atomic mass is 35.5. The summed E-state index contributed by atoms with van der Waals surface area (Å²) in [6.07, 6.45) is 1.76. The number of para-hydroxylation sites is 1. The molecular weight excluding hydrogens is 352 g/mol. The maximum absolute atomic E-state index is 6.52. The van der Waals surface area contributed by atoms with Gasteiger partial charge < -0.3 is 5.32 Å². The first-order chi connectivity index (χ1) is 12.1. The van der Waals surface area contributed by atoms with Crippen molar-refractivity contribution in [2.45, 2.75) is 13.8 Å². The number of hydrazone groups is 1. The number of aryl methyl sites for hydroxylation is 2. The largest absolute Gasteiger partial charge is 0.353 e. The maximum atomic E-state index is 6.52. The van der Waals surface area contributed by atoms with Crippen LogP contribution in [0.4, 0.5) is 10.8 Å². The number of fused-ring (bicyclic) bond motifs is 1. The summed E-state index contributed by atoms with van der Waals surface area (Å²) in [5.41, 5.74) is 5.25. The number of hydrogen-bond donors (Lipinski definition) is 1. The van der Waals surface area contributed by atoms with Crippen molar-refractivity contribution >= 4 is 50.2 Å². The summed E-state index contributed by atoms with van der Waals surface area (Å²) < 4.78 is 1.15. The molecule has 0 bridgehead atoms. The van der Waals surface area contributed by atoms with Gasteiger partial charge in [-0.3, -0.25) is 0 Å². The van der Waals surface area contributed by atoms with Crippen LogP contribution in [0.15, 0.2) is 58.3 Å². The smallest absolute Gasteiger partial charge is 0.207 e. The van der Waals surface area contributed by atoms with Gasteiger partial charge in [0.15, 0.2) is 0 Å². The molecule has 0 saturated heterocycles. The molecule has 0 spiro atoms. The fourth-order valence-electron chi connectivity index (χ4n) is 2.84.